The van der Waals surface area contributed by atoms with Gasteiger partial charge in [0.2, 0.25) is 0 Å². The van der Waals surface area contributed by atoms with Crippen LogP contribution in [0.4, 0.5) is 14.5 Å². The van der Waals surface area contributed by atoms with Crippen LogP contribution in [0.3, 0.4) is 0 Å². The minimum atomic E-state index is -3.05. The van der Waals surface area contributed by atoms with Gasteiger partial charge in [-0.3, -0.25) is 9.59 Å². The number of nitrogens with one attached hydrogen (secondary N) is 1. The van der Waals surface area contributed by atoms with Crippen LogP contribution in [-0.2, 0) is 16.0 Å². The molecule has 17 heavy (non-hydrogen) atoms. The maximum atomic E-state index is 11.9. The number of anilines is 1. The van der Waals surface area contributed by atoms with Crippen LogP contribution >= 0.6 is 0 Å². The van der Waals surface area contributed by atoms with Crippen molar-refractivity contribution in [2.24, 2.45) is 0 Å². The number of hydrogen-bond donors (Lipinski definition) is 2. The van der Waals surface area contributed by atoms with E-state index in [1.807, 2.05) is 5.32 Å². The summed E-state index contributed by atoms with van der Waals surface area (Å²) in [6.07, 6.45) is -2.69. The number of hydrogen-bond acceptors (Lipinski definition) is 2. The summed E-state index contributed by atoms with van der Waals surface area (Å²) in [4.78, 5) is 21.0. The van der Waals surface area contributed by atoms with E-state index in [4.69, 9.17) is 5.11 Å². The molecule has 1 aromatic rings. The highest BCUT2D eigenvalue weighted by Crippen LogP contribution is 2.12. The van der Waals surface area contributed by atoms with E-state index >= 15 is 0 Å². The average molecular weight is 243 g/mol. The Bertz CT molecular complexity index is 404. The van der Waals surface area contributed by atoms with Crippen LogP contribution in [0.25, 0.3) is 0 Å². The standard InChI is InChI=1S/C11H11F2NO3/c12-10(13)11(17)14-8-4-1-7(2-5-8)3-6-9(15)16/h1-2,4-5,10H,3,6H2,(H,14,17)(H,15,16). The van der Waals surface area contributed by atoms with Gasteiger partial charge in [0.05, 0.1) is 0 Å². The fourth-order valence-corrected chi connectivity index (χ4v) is 1.20. The van der Waals surface area contributed by atoms with Gasteiger partial charge in [0, 0.05) is 12.1 Å². The number of halogens is 2. The molecule has 0 radical (unpaired) electrons. The first-order valence-electron chi connectivity index (χ1n) is 4.89. The third kappa shape index (κ3) is 4.58. The summed E-state index contributed by atoms with van der Waals surface area (Å²) in [7, 11) is 0. The monoisotopic (exact) mass is 243 g/mol. The van der Waals surface area contributed by atoms with Gasteiger partial charge < -0.3 is 10.4 Å². The van der Waals surface area contributed by atoms with Crippen LogP contribution in [0.5, 0.6) is 0 Å². The molecule has 1 amide bonds. The number of alkyl halides is 2. The second-order valence-electron chi connectivity index (χ2n) is 3.38. The van der Waals surface area contributed by atoms with E-state index in [0.717, 1.165) is 5.56 Å². The van der Waals surface area contributed by atoms with Crippen LogP contribution in [0.15, 0.2) is 24.3 Å². The van der Waals surface area contributed by atoms with Crippen molar-refractivity contribution < 1.29 is 23.5 Å². The molecule has 0 heterocycles. The number of rotatable bonds is 5. The predicted octanol–water partition coefficient (Wildman–Crippen LogP) is 1.91. The molecule has 0 saturated heterocycles. The highest BCUT2D eigenvalue weighted by Gasteiger charge is 2.14. The van der Waals surface area contributed by atoms with Gasteiger partial charge >= 0.3 is 12.4 Å². The molecule has 92 valence electrons. The van der Waals surface area contributed by atoms with Gasteiger partial charge in [0.25, 0.3) is 5.91 Å². The van der Waals surface area contributed by atoms with E-state index in [1.54, 1.807) is 12.1 Å². The van der Waals surface area contributed by atoms with Crippen molar-refractivity contribution in [1.29, 1.82) is 0 Å². The molecule has 4 nitrogen and oxygen atoms in total. The molecule has 1 rings (SSSR count). The van der Waals surface area contributed by atoms with Gasteiger partial charge in [-0.1, -0.05) is 12.1 Å². The molecule has 0 aliphatic carbocycles. The van der Waals surface area contributed by atoms with E-state index in [0.29, 0.717) is 6.42 Å². The zero-order chi connectivity index (χ0) is 12.8. The average Bonchev–Trinajstić information content (AvgIpc) is 2.28. The Labute approximate surface area is 96.3 Å². The zero-order valence-corrected chi connectivity index (χ0v) is 8.82. The summed E-state index contributed by atoms with van der Waals surface area (Å²) in [5.41, 5.74) is 1.02. The number of amides is 1. The maximum Gasteiger partial charge on any atom is 0.315 e. The summed E-state index contributed by atoms with van der Waals surface area (Å²) in [6.45, 7) is 0. The number of aryl methyl sites for hydroxylation is 1. The van der Waals surface area contributed by atoms with E-state index in [-0.39, 0.29) is 12.1 Å². The lowest BCUT2D eigenvalue weighted by atomic mass is 10.1. The Balaban J connectivity index is 2.56. The second kappa shape index (κ2) is 5.93. The number of carboxylic acid groups (broad SMARTS) is 1. The molecule has 6 heteroatoms. The third-order valence-corrected chi connectivity index (χ3v) is 2.05. The Morgan fingerprint density at radius 1 is 1.24 bits per heavy atom. The van der Waals surface area contributed by atoms with Crippen LogP contribution in [0, 0.1) is 0 Å². The molecule has 0 aliphatic heterocycles. The molecule has 0 aromatic heterocycles. The minimum Gasteiger partial charge on any atom is -0.481 e. The van der Waals surface area contributed by atoms with Crippen molar-refractivity contribution in [3.63, 3.8) is 0 Å². The second-order valence-corrected chi connectivity index (χ2v) is 3.38. The van der Waals surface area contributed by atoms with E-state index < -0.39 is 18.3 Å². The van der Waals surface area contributed by atoms with Crippen molar-refractivity contribution in [3.8, 4) is 0 Å². The van der Waals surface area contributed by atoms with E-state index in [2.05, 4.69) is 0 Å². The molecule has 0 atom stereocenters. The molecule has 1 aromatic carbocycles. The van der Waals surface area contributed by atoms with Gasteiger partial charge in [0.1, 0.15) is 0 Å². The SMILES string of the molecule is O=C(O)CCc1ccc(NC(=O)C(F)F)cc1. The molecule has 0 unspecified atom stereocenters. The van der Waals surface area contributed by atoms with Gasteiger partial charge in [-0.15, -0.1) is 0 Å². The Morgan fingerprint density at radius 2 is 1.82 bits per heavy atom. The van der Waals surface area contributed by atoms with Gasteiger partial charge in [-0.2, -0.15) is 8.78 Å². The lowest BCUT2D eigenvalue weighted by Gasteiger charge is -2.05. The lowest BCUT2D eigenvalue weighted by Crippen LogP contribution is -2.19. The van der Waals surface area contributed by atoms with Crippen molar-refractivity contribution >= 4 is 17.6 Å². The number of carbonyl (C=O) groups excluding carboxylic acids is 1. The summed E-state index contributed by atoms with van der Waals surface area (Å²) >= 11 is 0. The number of aliphatic carboxylic acids is 1. The first-order chi connectivity index (χ1) is 7.99. The van der Waals surface area contributed by atoms with Crippen LogP contribution in [0.1, 0.15) is 12.0 Å². The Morgan fingerprint density at radius 3 is 2.29 bits per heavy atom. The van der Waals surface area contributed by atoms with Crippen LogP contribution in [0.2, 0.25) is 0 Å². The maximum absolute atomic E-state index is 11.9. The van der Waals surface area contributed by atoms with Gasteiger partial charge in [-0.05, 0) is 24.1 Å². The molecule has 0 spiro atoms. The van der Waals surface area contributed by atoms with Crippen LogP contribution < -0.4 is 5.32 Å². The molecular weight excluding hydrogens is 232 g/mol. The largest absolute Gasteiger partial charge is 0.481 e. The molecular formula is C11H11F2NO3. The molecule has 0 bridgehead atoms. The van der Waals surface area contributed by atoms with Crippen molar-refractivity contribution in [2.45, 2.75) is 19.3 Å². The number of benzene rings is 1. The van der Waals surface area contributed by atoms with Crippen LogP contribution in [-0.4, -0.2) is 23.4 Å². The van der Waals surface area contributed by atoms with E-state index in [9.17, 15) is 18.4 Å². The quantitative estimate of drug-likeness (QED) is 0.830. The lowest BCUT2D eigenvalue weighted by molar-refractivity contribution is -0.137. The van der Waals surface area contributed by atoms with Crippen molar-refractivity contribution in [1.82, 2.24) is 0 Å². The highest BCUT2D eigenvalue weighted by molar-refractivity contribution is 5.93. The minimum absolute atomic E-state index is 0.00272. The molecule has 0 aliphatic rings. The normalized spacial score (nSPS) is 10.3. The van der Waals surface area contributed by atoms with Crippen molar-refractivity contribution in [3.05, 3.63) is 29.8 Å². The zero-order valence-electron chi connectivity index (χ0n) is 8.82. The molecule has 0 fully saturated rings. The summed E-state index contributed by atoms with van der Waals surface area (Å²) in [6, 6.07) is 6.09. The van der Waals surface area contributed by atoms with Gasteiger partial charge in [-0.25, -0.2) is 0 Å². The number of carbonyl (C=O) groups is 2. The first kappa shape index (κ1) is 13.1. The fraction of sp³-hybridized carbons (Fsp3) is 0.273. The van der Waals surface area contributed by atoms with E-state index in [1.165, 1.54) is 12.1 Å². The molecule has 2 N–H and O–H groups in total. The smallest absolute Gasteiger partial charge is 0.315 e. The summed E-state index contributed by atoms with van der Waals surface area (Å²) in [5.74, 6) is -2.26. The number of carboxylic acids is 1. The summed E-state index contributed by atoms with van der Waals surface area (Å²) in [5, 5.41) is 10.5. The highest BCUT2D eigenvalue weighted by atomic mass is 19.3. The third-order valence-electron chi connectivity index (χ3n) is 2.05. The Kier molecular flexibility index (Phi) is 4.56. The summed E-state index contributed by atoms with van der Waals surface area (Å²) < 4.78 is 23.9. The Hall–Kier alpha value is -1.98. The topological polar surface area (TPSA) is 66.4 Å². The first-order valence-corrected chi connectivity index (χ1v) is 4.89. The molecule has 0 saturated carbocycles. The predicted molar refractivity (Wildman–Crippen MR) is 57.0 cm³/mol. The van der Waals surface area contributed by atoms with Crippen molar-refractivity contribution in [2.75, 3.05) is 5.32 Å². The van der Waals surface area contributed by atoms with Gasteiger partial charge in [0.15, 0.2) is 0 Å². The fourth-order valence-electron chi connectivity index (χ4n) is 1.20.